The zero-order chi connectivity index (χ0) is 26.5. The number of rotatable bonds is 5. The summed E-state index contributed by atoms with van der Waals surface area (Å²) in [6.07, 6.45) is -0.913. The lowest BCUT2D eigenvalue weighted by molar-refractivity contribution is -0.136. The van der Waals surface area contributed by atoms with Crippen molar-refractivity contribution in [2.75, 3.05) is 18.0 Å². The van der Waals surface area contributed by atoms with Gasteiger partial charge in [-0.3, -0.25) is 24.3 Å². The maximum Gasteiger partial charge on any atom is 0.272 e. The number of carbonyl (C=O) groups excluding carboxylic acids is 3. The van der Waals surface area contributed by atoms with Gasteiger partial charge in [-0.2, -0.15) is 8.42 Å². The van der Waals surface area contributed by atoms with Crippen molar-refractivity contribution in [3.63, 3.8) is 0 Å². The fourth-order valence-electron chi connectivity index (χ4n) is 5.73. The van der Waals surface area contributed by atoms with E-state index < -0.39 is 39.4 Å². The van der Waals surface area contributed by atoms with E-state index in [-0.39, 0.29) is 44.2 Å². The third-order valence-electron chi connectivity index (χ3n) is 7.55. The Balaban J connectivity index is 1.33. The molecule has 2 aromatic carbocycles. The molecule has 0 aromatic heterocycles. The summed E-state index contributed by atoms with van der Waals surface area (Å²) >= 11 is 0. The third kappa shape index (κ3) is 4.85. The first kappa shape index (κ1) is 25.3. The predicted molar refractivity (Wildman–Crippen MR) is 133 cm³/mol. The van der Waals surface area contributed by atoms with Gasteiger partial charge < -0.3 is 9.80 Å². The average Bonchev–Trinajstić information content (AvgIpc) is 3.15. The average molecular weight is 530 g/mol. The molecule has 0 spiro atoms. The summed E-state index contributed by atoms with van der Waals surface area (Å²) in [6, 6.07) is 11.3. The van der Waals surface area contributed by atoms with Crippen LogP contribution >= 0.6 is 0 Å². The molecule has 2 N–H and O–H groups in total. The highest BCUT2D eigenvalue weighted by Gasteiger charge is 2.43. The van der Waals surface area contributed by atoms with Crippen molar-refractivity contribution < 1.29 is 31.7 Å². The molecule has 4 atom stereocenters. The number of benzene rings is 2. The van der Waals surface area contributed by atoms with Gasteiger partial charge in [-0.25, -0.2) is 4.39 Å². The van der Waals surface area contributed by atoms with E-state index in [0.29, 0.717) is 23.4 Å². The normalized spacial score (nSPS) is 25.2. The number of hydrogen-bond donors (Lipinski definition) is 2. The van der Waals surface area contributed by atoms with Crippen LogP contribution in [0.15, 0.2) is 42.5 Å². The fourth-order valence-corrected chi connectivity index (χ4v) is 6.96. The fraction of sp³-hybridized carbons (Fsp3) is 0.423. The molecule has 11 heteroatoms. The smallest absolute Gasteiger partial charge is 0.272 e. The van der Waals surface area contributed by atoms with Crippen molar-refractivity contribution in [1.29, 1.82) is 0 Å². The summed E-state index contributed by atoms with van der Waals surface area (Å²) in [6.45, 7) is 2.30. The van der Waals surface area contributed by atoms with Gasteiger partial charge in [0.2, 0.25) is 11.8 Å². The Labute approximate surface area is 214 Å². The summed E-state index contributed by atoms with van der Waals surface area (Å²) in [5, 5.41) is 0.910. The van der Waals surface area contributed by atoms with Gasteiger partial charge in [0.1, 0.15) is 17.5 Å². The monoisotopic (exact) mass is 529 g/mol. The summed E-state index contributed by atoms with van der Waals surface area (Å²) < 4.78 is 50.1. The van der Waals surface area contributed by atoms with Crippen LogP contribution in [0.2, 0.25) is 0 Å². The van der Waals surface area contributed by atoms with Gasteiger partial charge in [0, 0.05) is 43.2 Å². The molecule has 3 aliphatic rings. The topological polar surface area (TPSA) is 124 Å². The molecule has 9 nitrogen and oxygen atoms in total. The second-order valence-corrected chi connectivity index (χ2v) is 11.5. The molecule has 0 saturated carbocycles. The number of piperidine rings is 2. The van der Waals surface area contributed by atoms with Crippen molar-refractivity contribution >= 4 is 33.5 Å². The number of aryl methyl sites for hydroxylation is 1. The highest BCUT2D eigenvalue weighted by Crippen LogP contribution is 2.40. The van der Waals surface area contributed by atoms with E-state index in [1.807, 2.05) is 0 Å². The van der Waals surface area contributed by atoms with Crippen LogP contribution in [0.25, 0.3) is 0 Å². The Kier molecular flexibility index (Phi) is 6.53. The lowest BCUT2D eigenvalue weighted by Gasteiger charge is -2.39. The standard InChI is InChI=1S/C26H28FN3O6S/c1-15-3-2-4-16(11-15)24(37(34,35)36)19-9-10-29(14-21(19)27)18-6-5-17-13-30(26(33)20(17)12-18)22-7-8-23(31)28-25(22)32/h2-6,11-12,19,21-22,24H,7-10,13-14H2,1H3,(H,28,31,32)(H,34,35,36)/t19-,21+,22-,24?/m1/s1. The first-order valence-electron chi connectivity index (χ1n) is 12.2. The summed E-state index contributed by atoms with van der Waals surface area (Å²) in [5.74, 6) is -2.08. The summed E-state index contributed by atoms with van der Waals surface area (Å²) in [7, 11) is -4.55. The van der Waals surface area contributed by atoms with Crippen molar-refractivity contribution in [3.05, 3.63) is 64.7 Å². The molecule has 0 bridgehead atoms. The molecular weight excluding hydrogens is 501 g/mol. The first-order valence-corrected chi connectivity index (χ1v) is 13.7. The maximum atomic E-state index is 15.5. The number of alkyl halides is 1. The molecule has 196 valence electrons. The van der Waals surface area contributed by atoms with E-state index in [2.05, 4.69) is 5.32 Å². The van der Waals surface area contributed by atoms with Crippen molar-refractivity contribution in [2.24, 2.45) is 5.92 Å². The second kappa shape index (κ2) is 9.53. The number of carbonyl (C=O) groups is 3. The van der Waals surface area contributed by atoms with Crippen LogP contribution in [-0.4, -0.2) is 60.9 Å². The SMILES string of the molecule is Cc1cccc(C([C@@H]2CCN(c3ccc4c(c3)C(=O)N([C@@H]3CCC(=O)NC3=O)C4)C[C@@H]2F)S(=O)(=O)O)c1. The lowest BCUT2D eigenvalue weighted by atomic mass is 9.87. The van der Waals surface area contributed by atoms with Gasteiger partial charge in [0.05, 0.1) is 0 Å². The van der Waals surface area contributed by atoms with Crippen LogP contribution in [0.5, 0.6) is 0 Å². The Morgan fingerprint density at radius 2 is 1.89 bits per heavy atom. The highest BCUT2D eigenvalue weighted by atomic mass is 32.2. The molecule has 3 aliphatic heterocycles. The van der Waals surface area contributed by atoms with E-state index >= 15 is 4.39 Å². The van der Waals surface area contributed by atoms with Crippen LogP contribution < -0.4 is 10.2 Å². The van der Waals surface area contributed by atoms with Crippen LogP contribution in [0, 0.1) is 12.8 Å². The van der Waals surface area contributed by atoms with Gasteiger partial charge in [-0.15, -0.1) is 0 Å². The number of nitrogens with one attached hydrogen (secondary N) is 1. The molecule has 37 heavy (non-hydrogen) atoms. The number of imide groups is 1. The molecule has 2 saturated heterocycles. The second-order valence-electron chi connectivity index (χ2n) is 10.0. The predicted octanol–water partition coefficient (Wildman–Crippen LogP) is 2.55. The molecule has 2 fully saturated rings. The van der Waals surface area contributed by atoms with Crippen LogP contribution in [-0.2, 0) is 26.3 Å². The largest absolute Gasteiger partial charge is 0.369 e. The van der Waals surface area contributed by atoms with Gasteiger partial charge >= 0.3 is 0 Å². The Bertz CT molecular complexity index is 1380. The van der Waals surface area contributed by atoms with Crippen LogP contribution in [0.4, 0.5) is 10.1 Å². The van der Waals surface area contributed by atoms with E-state index in [1.54, 1.807) is 54.3 Å². The van der Waals surface area contributed by atoms with E-state index in [9.17, 15) is 27.4 Å². The quantitative estimate of drug-likeness (QED) is 0.451. The molecular formula is C26H28FN3O6S. The van der Waals surface area contributed by atoms with Gasteiger partial charge in [0.15, 0.2) is 0 Å². The van der Waals surface area contributed by atoms with Crippen LogP contribution in [0.3, 0.4) is 0 Å². The molecule has 1 unspecified atom stereocenters. The van der Waals surface area contributed by atoms with Gasteiger partial charge in [-0.05, 0) is 43.0 Å². The summed E-state index contributed by atoms with van der Waals surface area (Å²) in [5.41, 5.74) is 2.97. The minimum Gasteiger partial charge on any atom is -0.369 e. The Hall–Kier alpha value is -3.31. The minimum atomic E-state index is -4.55. The maximum absolute atomic E-state index is 15.5. The number of amides is 3. The Morgan fingerprint density at radius 3 is 2.57 bits per heavy atom. The van der Waals surface area contributed by atoms with Crippen LogP contribution in [0.1, 0.15) is 51.6 Å². The first-order chi connectivity index (χ1) is 17.5. The summed E-state index contributed by atoms with van der Waals surface area (Å²) in [4.78, 5) is 40.1. The molecule has 5 rings (SSSR count). The van der Waals surface area contributed by atoms with Crippen molar-refractivity contribution in [1.82, 2.24) is 10.2 Å². The van der Waals surface area contributed by atoms with Crippen molar-refractivity contribution in [3.8, 4) is 0 Å². The number of fused-ring (bicyclic) bond motifs is 1. The number of hydrogen-bond acceptors (Lipinski definition) is 6. The number of anilines is 1. The molecule has 2 aromatic rings. The molecule has 0 aliphatic carbocycles. The molecule has 3 amide bonds. The van der Waals surface area contributed by atoms with Gasteiger partial charge in [0.25, 0.3) is 16.0 Å². The lowest BCUT2D eigenvalue weighted by Crippen LogP contribution is -2.52. The molecule has 0 radical (unpaired) electrons. The number of nitrogens with zero attached hydrogens (tertiary/aromatic N) is 2. The molecule has 3 heterocycles. The third-order valence-corrected chi connectivity index (χ3v) is 8.81. The van der Waals surface area contributed by atoms with Crippen molar-refractivity contribution in [2.45, 2.75) is 50.2 Å². The zero-order valence-electron chi connectivity index (χ0n) is 20.3. The van der Waals surface area contributed by atoms with E-state index in [1.165, 1.54) is 4.90 Å². The van der Waals surface area contributed by atoms with E-state index in [0.717, 1.165) is 11.1 Å². The van der Waals surface area contributed by atoms with Gasteiger partial charge in [-0.1, -0.05) is 35.9 Å². The minimum absolute atomic E-state index is 0.0909. The van der Waals surface area contributed by atoms with E-state index in [4.69, 9.17) is 0 Å². The Morgan fingerprint density at radius 1 is 1.11 bits per heavy atom. The highest BCUT2D eigenvalue weighted by molar-refractivity contribution is 7.86. The number of halogens is 1. The zero-order valence-corrected chi connectivity index (χ0v) is 21.1.